The Hall–Kier alpha value is -1.18. The summed E-state index contributed by atoms with van der Waals surface area (Å²) in [4.78, 5) is 4.22. The summed E-state index contributed by atoms with van der Waals surface area (Å²) in [6.07, 6.45) is 3.75. The maximum Gasteiger partial charge on any atom is 0.476 e. The van der Waals surface area contributed by atoms with E-state index in [0.29, 0.717) is 5.69 Å². The molecule has 0 aliphatic heterocycles. The van der Waals surface area contributed by atoms with E-state index in [1.54, 1.807) is 32.2 Å². The molecule has 1 heterocycles. The van der Waals surface area contributed by atoms with Crippen LogP contribution in [0.1, 0.15) is 51.8 Å². The molecule has 1 aromatic rings. The highest BCUT2D eigenvalue weighted by atomic mass is 31.2. The van der Waals surface area contributed by atoms with Gasteiger partial charge in [0, 0.05) is 12.6 Å². The summed E-state index contributed by atoms with van der Waals surface area (Å²) in [6, 6.07) is 5.41. The van der Waals surface area contributed by atoms with Crippen LogP contribution in [-0.4, -0.2) is 18.2 Å². The molecular weight excluding hydrogens is 301 g/mol. The van der Waals surface area contributed by atoms with Crippen LogP contribution in [0.15, 0.2) is 24.4 Å². The number of phosphoric ester groups is 1. The molecule has 0 radical (unpaired) electrons. The van der Waals surface area contributed by atoms with Gasteiger partial charge in [-0.1, -0.05) is 25.3 Å². The van der Waals surface area contributed by atoms with E-state index in [4.69, 9.17) is 13.6 Å². The predicted octanol–water partition coefficient (Wildman–Crippen LogP) is 4.51. The van der Waals surface area contributed by atoms with Crippen molar-refractivity contribution in [2.24, 2.45) is 0 Å². The normalized spacial score (nSPS) is 12.5. The fourth-order valence-electron chi connectivity index (χ4n) is 1.66. The highest BCUT2D eigenvalue weighted by Crippen LogP contribution is 2.52. The van der Waals surface area contributed by atoms with Crippen molar-refractivity contribution >= 4 is 7.82 Å². The van der Waals surface area contributed by atoms with Gasteiger partial charge in [0.15, 0.2) is 6.10 Å². The molecule has 0 saturated carbocycles. The molecule has 1 aromatic heterocycles. The van der Waals surface area contributed by atoms with Crippen molar-refractivity contribution in [3.05, 3.63) is 30.1 Å². The average Bonchev–Trinajstić information content (AvgIpc) is 2.52. The van der Waals surface area contributed by atoms with Crippen LogP contribution in [0.4, 0.5) is 0 Å². The number of hydrogen-bond acceptors (Lipinski definition) is 5. The van der Waals surface area contributed by atoms with Crippen molar-refractivity contribution < 1.29 is 18.1 Å². The molecule has 6 heteroatoms. The van der Waals surface area contributed by atoms with E-state index >= 15 is 0 Å². The van der Waals surface area contributed by atoms with Crippen molar-refractivity contribution in [3.63, 3.8) is 0 Å². The van der Waals surface area contributed by atoms with Gasteiger partial charge in [-0.05, 0) is 32.4 Å². The minimum atomic E-state index is -3.64. The Morgan fingerprint density at radius 3 is 2.50 bits per heavy atom. The van der Waals surface area contributed by atoms with Crippen LogP contribution in [0.2, 0.25) is 0 Å². The van der Waals surface area contributed by atoms with Gasteiger partial charge in [0.1, 0.15) is 0 Å². The van der Waals surface area contributed by atoms with Crippen molar-refractivity contribution in [3.8, 4) is 11.8 Å². The number of phosphoric acid groups is 1. The minimum Gasteiger partial charge on any atom is -0.287 e. The standard InChI is InChI=1S/C16H24NO4P/c1-4-7-8-9-13-16(15-12-10-11-14-17-15)21-22(18,19-5-2)20-6-3/h10-12,14,16H,4-8H2,1-3H3. The highest BCUT2D eigenvalue weighted by Gasteiger charge is 2.30. The second kappa shape index (κ2) is 10.5. The third-order valence-electron chi connectivity index (χ3n) is 2.65. The molecule has 0 bridgehead atoms. The lowest BCUT2D eigenvalue weighted by Gasteiger charge is -2.20. The van der Waals surface area contributed by atoms with Crippen LogP contribution in [0.5, 0.6) is 0 Å². The molecule has 1 unspecified atom stereocenters. The fraction of sp³-hybridized carbons (Fsp3) is 0.562. The zero-order chi connectivity index (χ0) is 16.3. The fourth-order valence-corrected chi connectivity index (χ4v) is 2.91. The Morgan fingerprint density at radius 2 is 1.95 bits per heavy atom. The van der Waals surface area contributed by atoms with Gasteiger partial charge < -0.3 is 0 Å². The van der Waals surface area contributed by atoms with Crippen molar-refractivity contribution in [1.82, 2.24) is 4.98 Å². The van der Waals surface area contributed by atoms with Gasteiger partial charge in [-0.25, -0.2) is 4.57 Å². The zero-order valence-electron chi connectivity index (χ0n) is 13.4. The number of pyridine rings is 1. The SMILES string of the molecule is CCCCC#CC(OP(=O)(OCC)OCC)c1ccccn1. The molecule has 0 aliphatic carbocycles. The molecule has 0 aliphatic rings. The molecule has 1 rings (SSSR count). The molecule has 1 atom stereocenters. The molecule has 0 saturated heterocycles. The summed E-state index contributed by atoms with van der Waals surface area (Å²) in [5.41, 5.74) is 0.589. The Kier molecular flexibility index (Phi) is 9.03. The zero-order valence-corrected chi connectivity index (χ0v) is 14.3. The van der Waals surface area contributed by atoms with E-state index in [9.17, 15) is 4.57 Å². The topological polar surface area (TPSA) is 57.7 Å². The lowest BCUT2D eigenvalue weighted by atomic mass is 10.2. The number of rotatable bonds is 9. The quantitative estimate of drug-likeness (QED) is 0.380. The number of unbranched alkanes of at least 4 members (excludes halogenated alkanes) is 2. The lowest BCUT2D eigenvalue weighted by molar-refractivity contribution is 0.102. The van der Waals surface area contributed by atoms with E-state index in [1.807, 2.05) is 6.07 Å². The van der Waals surface area contributed by atoms with Gasteiger partial charge in [0.25, 0.3) is 0 Å². The summed E-state index contributed by atoms with van der Waals surface area (Å²) in [5.74, 6) is 6.02. The largest absolute Gasteiger partial charge is 0.476 e. The van der Waals surface area contributed by atoms with Gasteiger partial charge in [-0.15, -0.1) is 5.92 Å². The van der Waals surface area contributed by atoms with Gasteiger partial charge >= 0.3 is 7.82 Å². The van der Waals surface area contributed by atoms with E-state index in [1.165, 1.54) is 0 Å². The van der Waals surface area contributed by atoms with Crippen LogP contribution in [-0.2, 0) is 18.1 Å². The minimum absolute atomic E-state index is 0.232. The van der Waals surface area contributed by atoms with Crippen LogP contribution < -0.4 is 0 Å². The van der Waals surface area contributed by atoms with Crippen LogP contribution in [0.25, 0.3) is 0 Å². The number of nitrogens with zero attached hydrogens (tertiary/aromatic N) is 1. The Labute approximate surface area is 133 Å². The van der Waals surface area contributed by atoms with Gasteiger partial charge in [0.2, 0.25) is 0 Å². The Balaban J connectivity index is 2.93. The maximum atomic E-state index is 12.5. The first kappa shape index (κ1) is 18.9. The molecular formula is C16H24NO4P. The van der Waals surface area contributed by atoms with Crippen LogP contribution >= 0.6 is 7.82 Å². The highest BCUT2D eigenvalue weighted by molar-refractivity contribution is 7.48. The van der Waals surface area contributed by atoms with Gasteiger partial charge in [-0.3, -0.25) is 18.6 Å². The van der Waals surface area contributed by atoms with Gasteiger partial charge in [0.05, 0.1) is 18.9 Å². The predicted molar refractivity (Wildman–Crippen MR) is 86.2 cm³/mol. The summed E-state index contributed by atoms with van der Waals surface area (Å²) in [7, 11) is -3.64. The number of aromatic nitrogens is 1. The Bertz CT molecular complexity index is 514. The molecule has 0 fully saturated rings. The monoisotopic (exact) mass is 325 g/mol. The molecule has 0 amide bonds. The van der Waals surface area contributed by atoms with Crippen molar-refractivity contribution in [1.29, 1.82) is 0 Å². The molecule has 0 N–H and O–H groups in total. The lowest BCUT2D eigenvalue weighted by Crippen LogP contribution is -2.07. The molecule has 22 heavy (non-hydrogen) atoms. The molecule has 122 valence electrons. The third-order valence-corrected chi connectivity index (χ3v) is 4.27. The van der Waals surface area contributed by atoms with Crippen LogP contribution in [0, 0.1) is 11.8 Å². The summed E-state index contributed by atoms with van der Waals surface area (Å²) < 4.78 is 28.4. The van der Waals surface area contributed by atoms with Gasteiger partial charge in [-0.2, -0.15) is 0 Å². The van der Waals surface area contributed by atoms with E-state index in [0.717, 1.165) is 19.3 Å². The number of hydrogen-bond donors (Lipinski definition) is 0. The third kappa shape index (κ3) is 6.72. The molecule has 0 aromatic carbocycles. The van der Waals surface area contributed by atoms with Crippen molar-refractivity contribution in [2.45, 2.75) is 46.1 Å². The smallest absolute Gasteiger partial charge is 0.287 e. The second-order valence-corrected chi connectivity index (χ2v) is 6.07. The summed E-state index contributed by atoms with van der Waals surface area (Å²) in [5, 5.41) is 0. The van der Waals surface area contributed by atoms with Crippen LogP contribution in [0.3, 0.4) is 0 Å². The Morgan fingerprint density at radius 1 is 1.23 bits per heavy atom. The second-order valence-electron chi connectivity index (χ2n) is 4.45. The summed E-state index contributed by atoms with van der Waals surface area (Å²) in [6.45, 7) is 6.03. The van der Waals surface area contributed by atoms with Crippen molar-refractivity contribution in [2.75, 3.05) is 13.2 Å². The van der Waals surface area contributed by atoms with E-state index in [-0.39, 0.29) is 13.2 Å². The van der Waals surface area contributed by atoms with E-state index in [2.05, 4.69) is 23.7 Å². The van der Waals surface area contributed by atoms with E-state index < -0.39 is 13.9 Å². The molecule has 0 spiro atoms. The first-order valence-corrected chi connectivity index (χ1v) is 9.08. The summed E-state index contributed by atoms with van der Waals surface area (Å²) >= 11 is 0. The maximum absolute atomic E-state index is 12.5. The average molecular weight is 325 g/mol. The molecule has 5 nitrogen and oxygen atoms in total. The first-order valence-electron chi connectivity index (χ1n) is 7.62. The first-order chi connectivity index (χ1) is 10.6.